The van der Waals surface area contributed by atoms with Crippen molar-refractivity contribution in [1.82, 2.24) is 19.4 Å². The Bertz CT molecular complexity index is 1270. The van der Waals surface area contributed by atoms with Crippen LogP contribution < -0.4 is 4.74 Å². The molecular formula is C27H29Cl3N4O4. The van der Waals surface area contributed by atoms with Crippen molar-refractivity contribution in [2.24, 2.45) is 0 Å². The number of imidazole rings is 1. The van der Waals surface area contributed by atoms with Gasteiger partial charge in [-0.25, -0.2) is 4.98 Å². The number of hydrogen-bond donors (Lipinski definition) is 0. The van der Waals surface area contributed by atoms with Crippen LogP contribution in [0.3, 0.4) is 0 Å². The molecule has 2 saturated heterocycles. The number of amides is 1. The number of benzene rings is 2. The third-order valence-corrected chi connectivity index (χ3v) is 7.59. The standard InChI is InChI=1S/C27H29Cl3N4O4/c1-19(35)34-10-8-32(9-11-34)14-20-12-21(28)3-5-26(20)36-15-23-16-37-27(38-23,17-33-7-6-31-18-33)24-4-2-22(29)13-25(24)30/h2-7,12-13,18,23H,8-11,14-17H2,1H3/t23-,27-/m1/s1. The minimum absolute atomic E-state index is 0.110. The van der Waals surface area contributed by atoms with E-state index in [1.54, 1.807) is 31.6 Å². The molecule has 3 aromatic rings. The van der Waals surface area contributed by atoms with E-state index in [1.807, 2.05) is 39.9 Å². The highest BCUT2D eigenvalue weighted by Gasteiger charge is 2.45. The lowest BCUT2D eigenvalue weighted by molar-refractivity contribution is -0.189. The smallest absolute Gasteiger partial charge is 0.219 e. The molecular weight excluding hydrogens is 551 g/mol. The van der Waals surface area contributed by atoms with Gasteiger partial charge < -0.3 is 23.7 Å². The van der Waals surface area contributed by atoms with Gasteiger partial charge in [-0.15, -0.1) is 0 Å². The molecule has 38 heavy (non-hydrogen) atoms. The van der Waals surface area contributed by atoms with Crippen LogP contribution >= 0.6 is 34.8 Å². The summed E-state index contributed by atoms with van der Waals surface area (Å²) in [6.07, 6.45) is 4.92. The van der Waals surface area contributed by atoms with E-state index in [0.717, 1.165) is 24.4 Å². The Morgan fingerprint density at radius 3 is 2.58 bits per heavy atom. The van der Waals surface area contributed by atoms with Crippen LogP contribution in [-0.2, 0) is 33.1 Å². The van der Waals surface area contributed by atoms with E-state index < -0.39 is 5.79 Å². The molecule has 2 aliphatic rings. The zero-order valence-electron chi connectivity index (χ0n) is 21.0. The molecule has 0 saturated carbocycles. The van der Waals surface area contributed by atoms with Gasteiger partial charge in [-0.3, -0.25) is 9.69 Å². The number of aromatic nitrogens is 2. The summed E-state index contributed by atoms with van der Waals surface area (Å²) in [4.78, 5) is 20.0. The summed E-state index contributed by atoms with van der Waals surface area (Å²) in [5.74, 6) is -0.266. The molecule has 1 amide bonds. The van der Waals surface area contributed by atoms with Crippen molar-refractivity contribution in [1.29, 1.82) is 0 Å². The maximum absolute atomic E-state index is 11.7. The number of ether oxygens (including phenoxy) is 3. The van der Waals surface area contributed by atoms with Crippen molar-refractivity contribution < 1.29 is 19.0 Å². The Balaban J connectivity index is 1.28. The van der Waals surface area contributed by atoms with Crippen LogP contribution in [0.2, 0.25) is 15.1 Å². The summed E-state index contributed by atoms with van der Waals surface area (Å²) in [6, 6.07) is 10.9. The van der Waals surface area contributed by atoms with Crippen LogP contribution in [0.15, 0.2) is 55.1 Å². The molecule has 3 heterocycles. The molecule has 202 valence electrons. The Morgan fingerprint density at radius 1 is 1.11 bits per heavy atom. The van der Waals surface area contributed by atoms with Crippen molar-refractivity contribution in [3.8, 4) is 5.75 Å². The molecule has 2 atom stereocenters. The monoisotopic (exact) mass is 578 g/mol. The van der Waals surface area contributed by atoms with Gasteiger partial charge in [-0.2, -0.15) is 0 Å². The van der Waals surface area contributed by atoms with Crippen LogP contribution in [0, 0.1) is 0 Å². The molecule has 0 bridgehead atoms. The van der Waals surface area contributed by atoms with E-state index in [9.17, 15) is 4.79 Å². The normalized spacial score (nSPS) is 22.1. The molecule has 2 aromatic carbocycles. The third-order valence-electron chi connectivity index (χ3n) is 6.81. The fourth-order valence-electron chi connectivity index (χ4n) is 4.83. The summed E-state index contributed by atoms with van der Waals surface area (Å²) in [5, 5.41) is 1.64. The number of rotatable bonds is 8. The zero-order valence-corrected chi connectivity index (χ0v) is 23.3. The Morgan fingerprint density at radius 2 is 1.87 bits per heavy atom. The zero-order chi connectivity index (χ0) is 26.7. The average molecular weight is 580 g/mol. The number of nitrogens with zero attached hydrogens (tertiary/aromatic N) is 4. The maximum atomic E-state index is 11.7. The number of carbonyl (C=O) groups is 1. The largest absolute Gasteiger partial charge is 0.490 e. The maximum Gasteiger partial charge on any atom is 0.219 e. The van der Waals surface area contributed by atoms with Crippen molar-refractivity contribution in [2.75, 3.05) is 39.4 Å². The summed E-state index contributed by atoms with van der Waals surface area (Å²) >= 11 is 19.0. The fraction of sp³-hybridized carbons (Fsp3) is 0.407. The molecule has 0 unspecified atom stereocenters. The Labute approximate surface area is 236 Å². The lowest BCUT2D eigenvalue weighted by atomic mass is 10.1. The predicted octanol–water partition coefficient (Wildman–Crippen LogP) is 4.85. The molecule has 0 radical (unpaired) electrons. The number of carbonyl (C=O) groups excluding carboxylic acids is 1. The third kappa shape index (κ3) is 6.28. The highest BCUT2D eigenvalue weighted by molar-refractivity contribution is 6.35. The Kier molecular flexibility index (Phi) is 8.47. The molecule has 5 rings (SSSR count). The minimum atomic E-state index is -1.12. The summed E-state index contributed by atoms with van der Waals surface area (Å²) in [7, 11) is 0. The first-order valence-corrected chi connectivity index (χ1v) is 13.6. The number of piperazine rings is 1. The van der Waals surface area contributed by atoms with Gasteiger partial charge in [0.2, 0.25) is 11.7 Å². The molecule has 11 heteroatoms. The van der Waals surface area contributed by atoms with Gasteiger partial charge in [0.05, 0.1) is 24.5 Å². The van der Waals surface area contributed by atoms with Crippen LogP contribution in [0.1, 0.15) is 18.1 Å². The quantitative estimate of drug-likeness (QED) is 0.380. The molecule has 0 spiro atoms. The van der Waals surface area contributed by atoms with E-state index in [2.05, 4.69) is 9.88 Å². The van der Waals surface area contributed by atoms with Crippen molar-refractivity contribution in [3.05, 3.63) is 81.3 Å². The summed E-state index contributed by atoms with van der Waals surface area (Å²) in [5.41, 5.74) is 1.68. The lowest BCUT2D eigenvalue weighted by Crippen LogP contribution is -2.47. The second-order valence-corrected chi connectivity index (χ2v) is 10.8. The van der Waals surface area contributed by atoms with E-state index in [-0.39, 0.29) is 18.6 Å². The highest BCUT2D eigenvalue weighted by atomic mass is 35.5. The van der Waals surface area contributed by atoms with Gasteiger partial charge >= 0.3 is 0 Å². The van der Waals surface area contributed by atoms with E-state index >= 15 is 0 Å². The highest BCUT2D eigenvalue weighted by Crippen LogP contribution is 2.40. The predicted molar refractivity (Wildman–Crippen MR) is 146 cm³/mol. The van der Waals surface area contributed by atoms with Crippen molar-refractivity contribution in [3.63, 3.8) is 0 Å². The topological polar surface area (TPSA) is 69.1 Å². The Hall–Kier alpha value is -2.33. The van der Waals surface area contributed by atoms with Crippen LogP contribution in [0.25, 0.3) is 0 Å². The van der Waals surface area contributed by atoms with E-state index in [1.165, 1.54) is 0 Å². The van der Waals surface area contributed by atoms with Gasteiger partial charge in [-0.05, 0) is 30.3 Å². The van der Waals surface area contributed by atoms with Crippen molar-refractivity contribution in [2.45, 2.75) is 31.9 Å². The van der Waals surface area contributed by atoms with Gasteiger partial charge in [0.1, 0.15) is 18.5 Å². The number of halogens is 3. The van der Waals surface area contributed by atoms with Gasteiger partial charge in [0.15, 0.2) is 0 Å². The SMILES string of the molecule is CC(=O)N1CCN(Cc2cc(Cl)ccc2OC[C@@H]2CO[C@@](Cn3ccnc3)(c3ccc(Cl)cc3Cl)O2)CC1. The van der Waals surface area contributed by atoms with Crippen LogP contribution in [0.4, 0.5) is 0 Å². The number of hydrogen-bond acceptors (Lipinski definition) is 6. The first kappa shape index (κ1) is 27.2. The average Bonchev–Trinajstić information content (AvgIpc) is 3.54. The first-order chi connectivity index (χ1) is 18.3. The lowest BCUT2D eigenvalue weighted by Gasteiger charge is -2.34. The molecule has 0 aliphatic carbocycles. The van der Waals surface area contributed by atoms with E-state index in [4.69, 9.17) is 49.0 Å². The molecule has 1 aromatic heterocycles. The van der Waals surface area contributed by atoms with Crippen LogP contribution in [0.5, 0.6) is 5.75 Å². The summed E-state index contributed by atoms with van der Waals surface area (Å²) < 4.78 is 20.9. The molecule has 2 aliphatic heterocycles. The van der Waals surface area contributed by atoms with E-state index in [0.29, 0.717) is 53.4 Å². The van der Waals surface area contributed by atoms with Crippen molar-refractivity contribution >= 4 is 40.7 Å². The summed E-state index contributed by atoms with van der Waals surface area (Å²) in [6.45, 7) is 6.27. The van der Waals surface area contributed by atoms with Gasteiger partial charge in [-0.1, -0.05) is 40.9 Å². The first-order valence-electron chi connectivity index (χ1n) is 12.4. The second-order valence-electron chi connectivity index (χ2n) is 9.51. The van der Waals surface area contributed by atoms with Gasteiger partial charge in [0, 0.05) is 73.2 Å². The van der Waals surface area contributed by atoms with Crippen LogP contribution in [-0.4, -0.2) is 70.8 Å². The molecule has 2 fully saturated rings. The minimum Gasteiger partial charge on any atom is -0.490 e. The molecule has 8 nitrogen and oxygen atoms in total. The molecule has 0 N–H and O–H groups in total. The fourth-order valence-corrected chi connectivity index (χ4v) is 5.58. The second kappa shape index (κ2) is 11.8. The van der Waals surface area contributed by atoms with Gasteiger partial charge in [0.25, 0.3) is 0 Å².